The van der Waals surface area contributed by atoms with E-state index in [2.05, 4.69) is 41.5 Å². The number of hydrogen-bond donors (Lipinski definition) is 3. The van der Waals surface area contributed by atoms with Crippen LogP contribution in [0.15, 0.2) is 0 Å². The summed E-state index contributed by atoms with van der Waals surface area (Å²) in [5.41, 5.74) is -0.157. The maximum Gasteiger partial charge on any atom is 0.0656 e. The van der Waals surface area contributed by atoms with Crippen LogP contribution in [0.25, 0.3) is 0 Å². The molecule has 0 saturated heterocycles. The molecule has 0 aromatic rings. The van der Waals surface area contributed by atoms with Gasteiger partial charge in [0.25, 0.3) is 0 Å². The Morgan fingerprint density at radius 3 is 2.16 bits per heavy atom. The van der Waals surface area contributed by atoms with Crippen molar-refractivity contribution in [2.75, 3.05) is 0 Å². The van der Waals surface area contributed by atoms with Crippen molar-refractivity contribution in [1.82, 2.24) is 0 Å². The zero-order valence-electron chi connectivity index (χ0n) is 25.3. The van der Waals surface area contributed by atoms with E-state index in [1.54, 1.807) is 0 Å². The standard InChI is InChI=1S/C34H60O3/c1-20-13-15-25(16-14-24-11-9-8-10-12-24)26-18-32(5)19-33(6)17-21(2)27(23(4)35)31(37)34(33,7)22(3)29(32)30(36)28(20)26/h20-31,35-37H,8-19H2,1-7H3. The third kappa shape index (κ3) is 4.39. The third-order valence-corrected chi connectivity index (χ3v) is 14.2. The molecule has 37 heavy (non-hydrogen) atoms. The van der Waals surface area contributed by atoms with Crippen LogP contribution in [0.1, 0.15) is 126 Å². The van der Waals surface area contributed by atoms with Gasteiger partial charge in [-0.15, -0.1) is 0 Å². The summed E-state index contributed by atoms with van der Waals surface area (Å²) in [7, 11) is 0. The fourth-order valence-corrected chi connectivity index (χ4v) is 12.4. The highest BCUT2D eigenvalue weighted by atomic mass is 16.3. The Morgan fingerprint density at radius 2 is 1.51 bits per heavy atom. The van der Waals surface area contributed by atoms with Crippen LogP contribution in [0.5, 0.6) is 0 Å². The largest absolute Gasteiger partial charge is 0.393 e. The predicted molar refractivity (Wildman–Crippen MR) is 152 cm³/mol. The quantitative estimate of drug-likeness (QED) is 0.363. The van der Waals surface area contributed by atoms with Gasteiger partial charge in [0.2, 0.25) is 0 Å². The Morgan fingerprint density at radius 1 is 0.838 bits per heavy atom. The minimum Gasteiger partial charge on any atom is -0.393 e. The normalized spacial score (nSPS) is 55.6. The Labute approximate surface area is 228 Å². The summed E-state index contributed by atoms with van der Waals surface area (Å²) >= 11 is 0. The minimum absolute atomic E-state index is 0.0202. The molecule has 3 nitrogen and oxygen atoms in total. The summed E-state index contributed by atoms with van der Waals surface area (Å²) in [6.07, 6.45) is 14.7. The summed E-state index contributed by atoms with van der Waals surface area (Å²) in [5.74, 6) is 4.05. The SMILES string of the molecule is CC(O)C1C(C)CC2(C)CC3(C)CC4C(CCC5CCCCC5)CCC(C)C4C(O)C3C(C)C2(C)C1O. The molecule has 214 valence electrons. The van der Waals surface area contributed by atoms with Crippen molar-refractivity contribution in [2.45, 2.75) is 144 Å². The van der Waals surface area contributed by atoms with Crippen molar-refractivity contribution in [2.24, 2.45) is 69.5 Å². The Balaban J connectivity index is 1.44. The van der Waals surface area contributed by atoms with Gasteiger partial charge in [0.15, 0.2) is 0 Å². The monoisotopic (exact) mass is 516 g/mol. The van der Waals surface area contributed by atoms with E-state index >= 15 is 0 Å². The number of hydrogen-bond acceptors (Lipinski definition) is 3. The molecule has 0 spiro atoms. The molecule has 14 unspecified atom stereocenters. The summed E-state index contributed by atoms with van der Waals surface area (Å²) in [6.45, 7) is 16.2. The molecular formula is C34H60O3. The van der Waals surface area contributed by atoms with Gasteiger partial charge in [-0.05, 0) is 97.2 Å². The molecule has 5 aliphatic rings. The molecule has 5 rings (SSSR count). The molecule has 0 radical (unpaired) electrons. The minimum atomic E-state index is -0.530. The lowest BCUT2D eigenvalue weighted by atomic mass is 9.34. The average Bonchev–Trinajstić information content (AvgIpc) is 2.81. The van der Waals surface area contributed by atoms with Crippen LogP contribution >= 0.6 is 0 Å². The zero-order chi connectivity index (χ0) is 26.9. The lowest BCUT2D eigenvalue weighted by molar-refractivity contribution is -0.279. The van der Waals surface area contributed by atoms with Gasteiger partial charge >= 0.3 is 0 Å². The van der Waals surface area contributed by atoms with Gasteiger partial charge in [-0.1, -0.05) is 86.5 Å². The third-order valence-electron chi connectivity index (χ3n) is 14.2. The van der Waals surface area contributed by atoms with Crippen LogP contribution in [0.4, 0.5) is 0 Å². The first-order valence-electron chi connectivity index (χ1n) is 16.4. The maximum atomic E-state index is 12.3. The van der Waals surface area contributed by atoms with Crippen LogP contribution in [-0.2, 0) is 0 Å². The molecule has 0 amide bonds. The van der Waals surface area contributed by atoms with Crippen molar-refractivity contribution in [3.05, 3.63) is 0 Å². The molecule has 0 heterocycles. The van der Waals surface area contributed by atoms with Gasteiger partial charge in [0.1, 0.15) is 0 Å². The van der Waals surface area contributed by atoms with E-state index in [4.69, 9.17) is 0 Å². The average molecular weight is 517 g/mol. The van der Waals surface area contributed by atoms with E-state index in [1.165, 1.54) is 64.2 Å². The Kier molecular flexibility index (Phi) is 7.72. The van der Waals surface area contributed by atoms with E-state index in [0.29, 0.717) is 23.7 Å². The van der Waals surface area contributed by atoms with E-state index in [-0.39, 0.29) is 40.1 Å². The lowest BCUT2D eigenvalue weighted by Crippen LogP contribution is -2.70. The van der Waals surface area contributed by atoms with Gasteiger partial charge in [0, 0.05) is 11.3 Å². The second kappa shape index (κ2) is 10.1. The molecule has 0 aliphatic heterocycles. The van der Waals surface area contributed by atoms with E-state index in [9.17, 15) is 15.3 Å². The number of aliphatic hydroxyl groups is 3. The Bertz CT molecular complexity index is 805. The second-order valence-electron chi connectivity index (χ2n) is 16.3. The molecule has 0 aromatic heterocycles. The summed E-state index contributed by atoms with van der Waals surface area (Å²) in [5, 5.41) is 34.9. The van der Waals surface area contributed by atoms with Crippen molar-refractivity contribution >= 4 is 0 Å². The number of aliphatic hydroxyl groups excluding tert-OH is 3. The van der Waals surface area contributed by atoms with Crippen molar-refractivity contribution < 1.29 is 15.3 Å². The lowest BCUT2D eigenvalue weighted by Gasteiger charge is -2.72. The van der Waals surface area contributed by atoms with Crippen LogP contribution < -0.4 is 0 Å². The van der Waals surface area contributed by atoms with Gasteiger partial charge in [-0.3, -0.25) is 0 Å². The highest BCUT2D eigenvalue weighted by Crippen LogP contribution is 2.73. The first-order chi connectivity index (χ1) is 17.3. The number of fused-ring (bicyclic) bond motifs is 3. The van der Waals surface area contributed by atoms with Gasteiger partial charge in [0.05, 0.1) is 18.3 Å². The molecule has 3 N–H and O–H groups in total. The fraction of sp³-hybridized carbons (Fsp3) is 1.00. The van der Waals surface area contributed by atoms with E-state index in [0.717, 1.165) is 24.7 Å². The zero-order valence-corrected chi connectivity index (χ0v) is 25.3. The second-order valence-corrected chi connectivity index (χ2v) is 16.3. The highest BCUT2D eigenvalue weighted by Gasteiger charge is 2.70. The fourth-order valence-electron chi connectivity index (χ4n) is 12.4. The summed E-state index contributed by atoms with van der Waals surface area (Å²) in [4.78, 5) is 0. The van der Waals surface area contributed by atoms with Crippen molar-refractivity contribution in [1.29, 1.82) is 0 Å². The van der Waals surface area contributed by atoms with Gasteiger partial charge < -0.3 is 15.3 Å². The smallest absolute Gasteiger partial charge is 0.0656 e. The molecule has 0 aromatic carbocycles. The molecule has 14 atom stereocenters. The topological polar surface area (TPSA) is 60.7 Å². The van der Waals surface area contributed by atoms with E-state index < -0.39 is 12.2 Å². The van der Waals surface area contributed by atoms with Crippen LogP contribution in [-0.4, -0.2) is 33.6 Å². The molecule has 5 fully saturated rings. The van der Waals surface area contributed by atoms with Gasteiger partial charge in [-0.2, -0.15) is 0 Å². The summed E-state index contributed by atoms with van der Waals surface area (Å²) in [6, 6.07) is 0. The molecule has 3 heteroatoms. The molecule has 5 saturated carbocycles. The van der Waals surface area contributed by atoms with Crippen LogP contribution in [0, 0.1) is 69.5 Å². The van der Waals surface area contributed by atoms with Crippen molar-refractivity contribution in [3.8, 4) is 0 Å². The van der Waals surface area contributed by atoms with Crippen LogP contribution in [0.2, 0.25) is 0 Å². The molecule has 0 bridgehead atoms. The first kappa shape index (κ1) is 28.4. The van der Waals surface area contributed by atoms with Crippen LogP contribution in [0.3, 0.4) is 0 Å². The highest BCUT2D eigenvalue weighted by molar-refractivity contribution is 5.18. The summed E-state index contributed by atoms with van der Waals surface area (Å²) < 4.78 is 0. The molecule has 5 aliphatic carbocycles. The number of rotatable bonds is 4. The van der Waals surface area contributed by atoms with Gasteiger partial charge in [-0.25, -0.2) is 0 Å². The maximum absolute atomic E-state index is 12.3. The molecular weight excluding hydrogens is 456 g/mol. The first-order valence-corrected chi connectivity index (χ1v) is 16.4. The predicted octanol–water partition coefficient (Wildman–Crippen LogP) is 7.46. The van der Waals surface area contributed by atoms with Crippen molar-refractivity contribution in [3.63, 3.8) is 0 Å². The Hall–Kier alpha value is -0.120. The van der Waals surface area contributed by atoms with E-state index in [1.807, 2.05) is 6.92 Å².